The van der Waals surface area contributed by atoms with E-state index in [-0.39, 0.29) is 23.6 Å². The van der Waals surface area contributed by atoms with E-state index in [1.807, 2.05) is 0 Å². The van der Waals surface area contributed by atoms with Crippen LogP contribution in [-0.4, -0.2) is 43.0 Å². The van der Waals surface area contributed by atoms with Gasteiger partial charge in [-0.25, -0.2) is 9.78 Å². The molecule has 0 aliphatic carbocycles. The Morgan fingerprint density at radius 3 is 2.58 bits per heavy atom. The lowest BCUT2D eigenvalue weighted by molar-refractivity contribution is -0.274. The quantitative estimate of drug-likeness (QED) is 0.664. The number of fused-ring (bicyclic) bond motifs is 1. The number of rotatable bonds is 6. The highest BCUT2D eigenvalue weighted by Crippen LogP contribution is 2.28. The topological polar surface area (TPSA) is 92.8 Å². The maximum absolute atomic E-state index is 12.8. The van der Waals surface area contributed by atoms with Crippen molar-refractivity contribution in [2.75, 3.05) is 23.4 Å². The van der Waals surface area contributed by atoms with Crippen LogP contribution in [0.25, 0.3) is 0 Å². The fraction of sp³-hybridized carbons (Fsp3) is 0.278. The van der Waals surface area contributed by atoms with Crippen LogP contribution >= 0.6 is 0 Å². The molecule has 8 nitrogen and oxygen atoms in total. The summed E-state index contributed by atoms with van der Waals surface area (Å²) in [6.07, 6.45) is -3.50. The average Bonchev–Trinajstić information content (AvgIpc) is 2.69. The zero-order valence-electron chi connectivity index (χ0n) is 15.5. The molecule has 3 amide bonds. The molecule has 1 aliphatic rings. The second-order valence-corrected chi connectivity index (χ2v) is 6.22. The predicted octanol–water partition coefficient (Wildman–Crippen LogP) is 3.43. The van der Waals surface area contributed by atoms with E-state index < -0.39 is 43.3 Å². The Hall–Kier alpha value is -3.48. The summed E-state index contributed by atoms with van der Waals surface area (Å²) in [6.45, 7) is -4.20. The molecule has 3 rings (SSSR count). The van der Waals surface area contributed by atoms with E-state index >= 15 is 0 Å². The highest BCUT2D eigenvalue weighted by atomic mass is 19.4. The van der Waals surface area contributed by atoms with Gasteiger partial charge in [-0.05, 0) is 29.8 Å². The molecule has 0 saturated heterocycles. The number of hydrogen-bond donors (Lipinski definition) is 2. The van der Waals surface area contributed by atoms with E-state index in [9.17, 15) is 31.5 Å². The van der Waals surface area contributed by atoms with Crippen LogP contribution in [0, 0.1) is 0 Å². The normalized spacial score (nSPS) is 14.6. The first-order valence-corrected chi connectivity index (χ1v) is 8.71. The van der Waals surface area contributed by atoms with Crippen LogP contribution in [0.1, 0.15) is 11.6 Å². The van der Waals surface area contributed by atoms with Crippen LogP contribution in [0.3, 0.4) is 0 Å². The number of ether oxygens (including phenoxy) is 2. The molecule has 1 unspecified atom stereocenters. The van der Waals surface area contributed by atoms with Crippen LogP contribution in [0.5, 0.6) is 5.75 Å². The van der Waals surface area contributed by atoms with Crippen molar-refractivity contribution in [3.8, 4) is 5.75 Å². The number of alkyl halides is 5. The maximum Gasteiger partial charge on any atom is 0.573 e. The predicted molar refractivity (Wildman–Crippen MR) is 96.6 cm³/mol. The summed E-state index contributed by atoms with van der Waals surface area (Å²) in [7, 11) is 0. The van der Waals surface area contributed by atoms with Crippen LogP contribution < -0.4 is 20.3 Å². The summed E-state index contributed by atoms with van der Waals surface area (Å²) in [5.74, 6) is -0.881. The smallest absolute Gasteiger partial charge is 0.406 e. The molecular weight excluding hydrogens is 431 g/mol. The molecule has 1 aliphatic heterocycles. The zero-order chi connectivity index (χ0) is 22.6. The Morgan fingerprint density at radius 2 is 1.94 bits per heavy atom. The van der Waals surface area contributed by atoms with Crippen LogP contribution in [-0.2, 0) is 9.53 Å². The van der Waals surface area contributed by atoms with Gasteiger partial charge in [-0.15, -0.1) is 13.2 Å². The minimum atomic E-state index is -4.90. The number of benzene rings is 1. The molecule has 0 fully saturated rings. The average molecular weight is 446 g/mol. The van der Waals surface area contributed by atoms with Gasteiger partial charge in [0.15, 0.2) is 5.82 Å². The Morgan fingerprint density at radius 1 is 1.23 bits per heavy atom. The van der Waals surface area contributed by atoms with Gasteiger partial charge in [-0.3, -0.25) is 9.69 Å². The Labute approximate surface area is 171 Å². The molecule has 13 heteroatoms. The first-order chi connectivity index (χ1) is 14.6. The molecule has 2 N–H and O–H groups in total. The van der Waals surface area contributed by atoms with Crippen molar-refractivity contribution in [3.63, 3.8) is 0 Å². The van der Waals surface area contributed by atoms with E-state index in [4.69, 9.17) is 0 Å². The van der Waals surface area contributed by atoms with Gasteiger partial charge < -0.3 is 20.1 Å². The molecule has 2 aromatic rings. The zero-order valence-corrected chi connectivity index (χ0v) is 15.5. The molecular formula is C18H15F5N4O4. The van der Waals surface area contributed by atoms with Gasteiger partial charge in [0.25, 0.3) is 0 Å². The minimum absolute atomic E-state index is 0.141. The van der Waals surface area contributed by atoms with E-state index in [1.165, 1.54) is 12.3 Å². The number of halogens is 5. The highest BCUT2D eigenvalue weighted by Gasteiger charge is 2.32. The highest BCUT2D eigenvalue weighted by molar-refractivity contribution is 6.08. The molecule has 1 atom stereocenters. The van der Waals surface area contributed by atoms with E-state index in [0.717, 1.165) is 29.2 Å². The van der Waals surface area contributed by atoms with Crippen LogP contribution in [0.4, 0.5) is 38.3 Å². The van der Waals surface area contributed by atoms with E-state index in [2.05, 4.69) is 25.1 Å². The number of aromatic nitrogens is 1. The first-order valence-electron chi connectivity index (χ1n) is 8.71. The number of amides is 3. The molecule has 0 spiro atoms. The number of nitrogens with zero attached hydrogens (tertiary/aromatic N) is 2. The third-order valence-electron chi connectivity index (χ3n) is 4.07. The van der Waals surface area contributed by atoms with Gasteiger partial charge in [-0.1, -0.05) is 12.1 Å². The Bertz CT molecular complexity index is 939. The van der Waals surface area contributed by atoms with Crippen molar-refractivity contribution in [1.82, 2.24) is 10.3 Å². The van der Waals surface area contributed by atoms with Gasteiger partial charge in [-0.2, -0.15) is 8.78 Å². The van der Waals surface area contributed by atoms with E-state index in [1.54, 1.807) is 6.07 Å². The molecule has 0 bridgehead atoms. The van der Waals surface area contributed by atoms with E-state index in [0.29, 0.717) is 0 Å². The fourth-order valence-corrected chi connectivity index (χ4v) is 2.80. The third kappa shape index (κ3) is 6.01. The third-order valence-corrected chi connectivity index (χ3v) is 4.07. The number of carbonyl (C=O) groups is 2. The Kier molecular flexibility index (Phi) is 6.53. The summed E-state index contributed by atoms with van der Waals surface area (Å²) in [4.78, 5) is 29.7. The number of hydrogen-bond acceptors (Lipinski definition) is 5. The van der Waals surface area contributed by atoms with Gasteiger partial charge in [0, 0.05) is 6.20 Å². The van der Waals surface area contributed by atoms with Crippen molar-refractivity contribution in [2.24, 2.45) is 0 Å². The largest absolute Gasteiger partial charge is 0.573 e. The van der Waals surface area contributed by atoms with Crippen molar-refractivity contribution in [2.45, 2.75) is 19.0 Å². The van der Waals surface area contributed by atoms with Gasteiger partial charge in [0.05, 0.1) is 18.3 Å². The first kappa shape index (κ1) is 22.2. The molecule has 0 radical (unpaired) electrons. The Balaban J connectivity index is 1.80. The number of anilines is 2. The van der Waals surface area contributed by atoms with Gasteiger partial charge in [0.1, 0.15) is 12.3 Å². The lowest BCUT2D eigenvalue weighted by atomic mass is 10.1. The molecule has 1 aromatic heterocycles. The number of pyridine rings is 1. The fourth-order valence-electron chi connectivity index (χ4n) is 2.80. The van der Waals surface area contributed by atoms with Crippen molar-refractivity contribution in [1.29, 1.82) is 0 Å². The molecule has 1 aromatic carbocycles. The molecule has 31 heavy (non-hydrogen) atoms. The second-order valence-electron chi connectivity index (χ2n) is 6.22. The molecule has 0 saturated carbocycles. The summed E-state index contributed by atoms with van der Waals surface area (Å²) >= 11 is 0. The molecule has 2 heterocycles. The summed E-state index contributed by atoms with van der Waals surface area (Å²) in [5.41, 5.74) is 0.453. The molecule has 166 valence electrons. The summed E-state index contributed by atoms with van der Waals surface area (Å²) in [5, 5.41) is 4.98. The SMILES string of the molecule is O=C1CN(C(=O)NC(COC(F)F)c2ccc(OC(F)(F)F)cc2)c2ncccc2N1. The number of urea groups is 1. The van der Waals surface area contributed by atoms with Gasteiger partial charge >= 0.3 is 19.0 Å². The summed E-state index contributed by atoms with van der Waals surface area (Å²) in [6, 6.07) is 5.32. The van der Waals surface area contributed by atoms with Gasteiger partial charge in [0.2, 0.25) is 5.91 Å². The van der Waals surface area contributed by atoms with Crippen molar-refractivity contribution in [3.05, 3.63) is 48.2 Å². The number of carbonyl (C=O) groups excluding carboxylic acids is 2. The second kappa shape index (κ2) is 9.12. The minimum Gasteiger partial charge on any atom is -0.406 e. The summed E-state index contributed by atoms with van der Waals surface area (Å²) < 4.78 is 70.1. The van der Waals surface area contributed by atoms with Crippen molar-refractivity contribution >= 4 is 23.4 Å². The van der Waals surface area contributed by atoms with Crippen molar-refractivity contribution < 1.29 is 41.0 Å². The standard InChI is InChI=1S/C18H15F5N4O4/c19-16(20)30-9-13(10-3-5-11(6-4-10)31-18(21,22)23)26-17(29)27-8-14(28)25-12-2-1-7-24-15(12)27/h1-7,13,16H,8-9H2,(H,25,28)(H,26,29). The van der Waals surface area contributed by atoms with Crippen LogP contribution in [0.2, 0.25) is 0 Å². The monoisotopic (exact) mass is 446 g/mol. The van der Waals surface area contributed by atoms with Crippen LogP contribution in [0.15, 0.2) is 42.6 Å². The number of nitrogens with one attached hydrogen (secondary N) is 2. The lowest BCUT2D eigenvalue weighted by Gasteiger charge is -2.30. The lowest BCUT2D eigenvalue weighted by Crippen LogP contribution is -2.49. The maximum atomic E-state index is 12.8.